The van der Waals surface area contributed by atoms with Gasteiger partial charge in [0.1, 0.15) is 5.82 Å². The molecule has 18 heavy (non-hydrogen) atoms. The van der Waals surface area contributed by atoms with Crippen molar-refractivity contribution in [1.82, 2.24) is 4.90 Å². The van der Waals surface area contributed by atoms with E-state index in [0.29, 0.717) is 25.3 Å². The zero-order valence-electron chi connectivity index (χ0n) is 9.69. The van der Waals surface area contributed by atoms with Crippen LogP contribution in [0.2, 0.25) is 0 Å². The van der Waals surface area contributed by atoms with Crippen molar-refractivity contribution in [3.8, 4) is 0 Å². The van der Waals surface area contributed by atoms with E-state index in [-0.39, 0.29) is 17.4 Å². The number of hydrogen-bond donors (Lipinski definition) is 0. The lowest BCUT2D eigenvalue weighted by Gasteiger charge is -2.17. The molecule has 2 aliphatic heterocycles. The first-order valence-corrected chi connectivity index (χ1v) is 5.90. The zero-order valence-corrected chi connectivity index (χ0v) is 9.69. The molecule has 2 amide bonds. The van der Waals surface area contributed by atoms with Crippen LogP contribution in [0.5, 0.6) is 0 Å². The second-order valence-corrected chi connectivity index (χ2v) is 4.64. The van der Waals surface area contributed by atoms with Gasteiger partial charge in [0.25, 0.3) is 11.8 Å². The summed E-state index contributed by atoms with van der Waals surface area (Å²) in [5, 5.41) is 0. The lowest BCUT2D eigenvalue weighted by Crippen LogP contribution is -2.34. The molecule has 0 N–H and O–H groups in total. The van der Waals surface area contributed by atoms with Gasteiger partial charge in [0, 0.05) is 19.1 Å². The summed E-state index contributed by atoms with van der Waals surface area (Å²) in [5.41, 5.74) is 0.458. The molecule has 1 aromatic carbocycles. The fourth-order valence-corrected chi connectivity index (χ4v) is 2.41. The second-order valence-electron chi connectivity index (χ2n) is 4.64. The molecule has 1 unspecified atom stereocenters. The molecule has 0 saturated carbocycles. The van der Waals surface area contributed by atoms with Crippen molar-refractivity contribution < 1.29 is 18.7 Å². The van der Waals surface area contributed by atoms with Gasteiger partial charge < -0.3 is 4.74 Å². The largest absolute Gasteiger partial charge is 0.381 e. The zero-order chi connectivity index (χ0) is 12.7. The third-order valence-electron chi connectivity index (χ3n) is 3.40. The fraction of sp³-hybridized carbons (Fsp3) is 0.385. The number of carbonyl (C=O) groups excluding carboxylic acids is 2. The highest BCUT2D eigenvalue weighted by atomic mass is 19.1. The van der Waals surface area contributed by atoms with Crippen molar-refractivity contribution in [1.29, 1.82) is 0 Å². The van der Waals surface area contributed by atoms with Crippen LogP contribution in [0.3, 0.4) is 0 Å². The van der Waals surface area contributed by atoms with Gasteiger partial charge in [0.2, 0.25) is 0 Å². The van der Waals surface area contributed by atoms with E-state index in [9.17, 15) is 14.0 Å². The Hall–Kier alpha value is -1.75. The fourth-order valence-electron chi connectivity index (χ4n) is 2.41. The Labute approximate surface area is 103 Å². The van der Waals surface area contributed by atoms with Crippen LogP contribution in [0.1, 0.15) is 27.1 Å². The van der Waals surface area contributed by atoms with Gasteiger partial charge in [-0.25, -0.2) is 4.39 Å². The molecule has 0 bridgehead atoms. The van der Waals surface area contributed by atoms with Crippen molar-refractivity contribution in [2.75, 3.05) is 19.8 Å². The molecule has 0 aliphatic carbocycles. The summed E-state index contributed by atoms with van der Waals surface area (Å²) < 4.78 is 18.3. The topological polar surface area (TPSA) is 46.6 Å². The lowest BCUT2D eigenvalue weighted by atomic mass is 10.1. The highest BCUT2D eigenvalue weighted by molar-refractivity contribution is 6.21. The van der Waals surface area contributed by atoms with E-state index in [1.165, 1.54) is 17.0 Å². The molecule has 1 aromatic rings. The minimum absolute atomic E-state index is 0.166. The van der Waals surface area contributed by atoms with Gasteiger partial charge in [-0.15, -0.1) is 0 Å². The van der Waals surface area contributed by atoms with Gasteiger partial charge in [0.05, 0.1) is 17.7 Å². The molecule has 3 rings (SSSR count). The lowest BCUT2D eigenvalue weighted by molar-refractivity contribution is 0.0623. The summed E-state index contributed by atoms with van der Waals surface area (Å²) in [5.74, 6) is -1.04. The molecule has 1 fully saturated rings. The highest BCUT2D eigenvalue weighted by Gasteiger charge is 2.37. The van der Waals surface area contributed by atoms with Crippen LogP contribution in [-0.2, 0) is 4.74 Å². The van der Waals surface area contributed by atoms with E-state index in [1.54, 1.807) is 0 Å². The Morgan fingerprint density at radius 3 is 2.78 bits per heavy atom. The van der Waals surface area contributed by atoms with Crippen LogP contribution in [0.25, 0.3) is 0 Å². The van der Waals surface area contributed by atoms with Gasteiger partial charge in [0.15, 0.2) is 0 Å². The average molecular weight is 249 g/mol. The second kappa shape index (κ2) is 4.17. The van der Waals surface area contributed by atoms with E-state index >= 15 is 0 Å². The number of fused-ring (bicyclic) bond motifs is 1. The van der Waals surface area contributed by atoms with Gasteiger partial charge in [-0.1, -0.05) is 0 Å². The number of hydrogen-bond acceptors (Lipinski definition) is 3. The number of imide groups is 1. The van der Waals surface area contributed by atoms with E-state index < -0.39 is 11.7 Å². The smallest absolute Gasteiger partial charge is 0.261 e. The monoisotopic (exact) mass is 249 g/mol. The third-order valence-corrected chi connectivity index (χ3v) is 3.40. The van der Waals surface area contributed by atoms with Crippen LogP contribution >= 0.6 is 0 Å². The highest BCUT2D eigenvalue weighted by Crippen LogP contribution is 2.26. The number of carbonyl (C=O) groups is 2. The first-order valence-electron chi connectivity index (χ1n) is 5.90. The molecule has 1 saturated heterocycles. The summed E-state index contributed by atoms with van der Waals surface area (Å²) in [6, 6.07) is 3.70. The summed E-state index contributed by atoms with van der Waals surface area (Å²) in [7, 11) is 0. The Kier molecular flexibility index (Phi) is 2.63. The molecular formula is C13H12FNO3. The minimum Gasteiger partial charge on any atom is -0.381 e. The molecule has 4 nitrogen and oxygen atoms in total. The van der Waals surface area contributed by atoms with Crippen molar-refractivity contribution in [2.24, 2.45) is 5.92 Å². The average Bonchev–Trinajstić information content (AvgIpc) is 2.93. The first-order chi connectivity index (χ1) is 8.66. The van der Waals surface area contributed by atoms with E-state index in [4.69, 9.17) is 4.74 Å². The molecule has 0 spiro atoms. The molecule has 2 heterocycles. The van der Waals surface area contributed by atoms with Gasteiger partial charge in [-0.3, -0.25) is 14.5 Å². The number of rotatable bonds is 2. The number of amides is 2. The van der Waals surface area contributed by atoms with E-state index in [2.05, 4.69) is 0 Å². The van der Waals surface area contributed by atoms with Gasteiger partial charge >= 0.3 is 0 Å². The Morgan fingerprint density at radius 2 is 2.06 bits per heavy atom. The molecular weight excluding hydrogens is 237 g/mol. The predicted molar refractivity (Wildman–Crippen MR) is 60.7 cm³/mol. The maximum atomic E-state index is 13.1. The summed E-state index contributed by atoms with van der Waals surface area (Å²) in [6.07, 6.45) is 0.849. The van der Waals surface area contributed by atoms with Crippen LogP contribution in [0, 0.1) is 11.7 Å². The van der Waals surface area contributed by atoms with Crippen molar-refractivity contribution in [3.05, 3.63) is 35.1 Å². The van der Waals surface area contributed by atoms with Gasteiger partial charge in [-0.2, -0.15) is 0 Å². The number of halogens is 1. The summed E-state index contributed by atoms with van der Waals surface area (Å²) in [4.78, 5) is 25.3. The van der Waals surface area contributed by atoms with Crippen molar-refractivity contribution >= 4 is 11.8 Å². The third kappa shape index (κ3) is 1.71. The quantitative estimate of drug-likeness (QED) is 0.745. The molecule has 2 aliphatic rings. The van der Waals surface area contributed by atoms with E-state index in [1.807, 2.05) is 0 Å². The molecule has 94 valence electrons. The first kappa shape index (κ1) is 11.3. The van der Waals surface area contributed by atoms with Crippen LogP contribution in [0.15, 0.2) is 18.2 Å². The normalized spacial score (nSPS) is 22.7. The maximum Gasteiger partial charge on any atom is 0.261 e. The molecule has 0 radical (unpaired) electrons. The number of benzene rings is 1. The SMILES string of the molecule is O=C1c2ccc(F)cc2C(=O)N1CC1CCOC1. The molecule has 5 heteroatoms. The standard InChI is InChI=1S/C13H12FNO3/c14-9-1-2-10-11(5-9)13(17)15(12(10)16)6-8-3-4-18-7-8/h1-2,5,8H,3-4,6-7H2. The summed E-state index contributed by atoms with van der Waals surface area (Å²) >= 11 is 0. The minimum atomic E-state index is -0.499. The maximum absolute atomic E-state index is 13.1. The Balaban J connectivity index is 1.87. The van der Waals surface area contributed by atoms with Crippen LogP contribution < -0.4 is 0 Å². The number of ether oxygens (including phenoxy) is 1. The Morgan fingerprint density at radius 1 is 1.28 bits per heavy atom. The predicted octanol–water partition coefficient (Wildman–Crippen LogP) is 1.46. The number of nitrogens with zero attached hydrogens (tertiary/aromatic N) is 1. The molecule has 0 aromatic heterocycles. The van der Waals surface area contributed by atoms with Crippen molar-refractivity contribution in [3.63, 3.8) is 0 Å². The van der Waals surface area contributed by atoms with Crippen molar-refractivity contribution in [2.45, 2.75) is 6.42 Å². The van der Waals surface area contributed by atoms with Crippen LogP contribution in [0.4, 0.5) is 4.39 Å². The van der Waals surface area contributed by atoms with E-state index in [0.717, 1.165) is 12.5 Å². The van der Waals surface area contributed by atoms with Crippen LogP contribution in [-0.4, -0.2) is 36.5 Å². The summed E-state index contributed by atoms with van der Waals surface area (Å²) in [6.45, 7) is 1.60. The Bertz CT molecular complexity index is 523. The molecule has 1 atom stereocenters. The van der Waals surface area contributed by atoms with Gasteiger partial charge in [-0.05, 0) is 24.6 Å².